The van der Waals surface area contributed by atoms with Crippen molar-refractivity contribution in [2.75, 3.05) is 64.8 Å². The highest BCUT2D eigenvalue weighted by Gasteiger charge is 2.29. The molecule has 0 aliphatic rings. The van der Waals surface area contributed by atoms with Gasteiger partial charge in [0, 0.05) is 49.9 Å². The van der Waals surface area contributed by atoms with Gasteiger partial charge >= 0.3 is 0 Å². The Morgan fingerprint density at radius 3 is 1.54 bits per heavy atom. The molecular formula is C27H48ClN3O8. The van der Waals surface area contributed by atoms with Crippen LogP contribution in [-0.2, 0) is 9.53 Å². The Morgan fingerprint density at radius 2 is 1.21 bits per heavy atom. The summed E-state index contributed by atoms with van der Waals surface area (Å²) in [4.78, 5) is 41.6. The summed E-state index contributed by atoms with van der Waals surface area (Å²) in [6, 6.07) is 0. The van der Waals surface area contributed by atoms with E-state index in [1.807, 2.05) is 27.7 Å². The molecule has 0 aliphatic heterocycles. The summed E-state index contributed by atoms with van der Waals surface area (Å²) in [5.74, 6) is -1.33. The molecule has 0 radical (unpaired) electrons. The van der Waals surface area contributed by atoms with Crippen molar-refractivity contribution in [2.24, 2.45) is 0 Å². The fraction of sp³-hybridized carbons (Fsp3) is 0.667. The van der Waals surface area contributed by atoms with Crippen molar-refractivity contribution in [3.8, 4) is 0 Å². The van der Waals surface area contributed by atoms with E-state index < -0.39 is 43.1 Å². The van der Waals surface area contributed by atoms with Crippen molar-refractivity contribution < 1.29 is 39.5 Å². The largest absolute Gasteiger partial charge is 0.394 e. The number of amides is 3. The number of hydrogen-bond donors (Lipinski definition) is 5. The molecule has 1 aromatic carbocycles. The van der Waals surface area contributed by atoms with E-state index in [0.717, 1.165) is 0 Å². The molecule has 0 saturated heterocycles. The highest BCUT2D eigenvalue weighted by molar-refractivity contribution is 6.18. The average Bonchev–Trinajstić information content (AvgIpc) is 2.92. The molecule has 0 saturated carbocycles. The zero-order valence-electron chi connectivity index (χ0n) is 24.8. The van der Waals surface area contributed by atoms with Crippen molar-refractivity contribution >= 4 is 35.0 Å². The number of carbonyl (C=O) groups excluding carboxylic acids is 3. The monoisotopic (exact) mass is 577 g/mol. The first-order valence-corrected chi connectivity index (χ1v) is 13.6. The number of carbonyl (C=O) groups is 3. The molecule has 0 spiro atoms. The summed E-state index contributed by atoms with van der Waals surface area (Å²) >= 11 is 5.57. The number of halogens is 1. The van der Waals surface area contributed by atoms with Gasteiger partial charge in [0.1, 0.15) is 6.61 Å². The van der Waals surface area contributed by atoms with Gasteiger partial charge in [-0.05, 0) is 37.5 Å². The maximum absolute atomic E-state index is 13.3. The summed E-state index contributed by atoms with van der Waals surface area (Å²) in [7, 11) is 2.90. The predicted molar refractivity (Wildman–Crippen MR) is 154 cm³/mol. The standard InChI is InChI=1S/C23H36ClN3O8.2C2H6/c1-13-19(22(33)26(4)8-16(30)10-28)14(2)21(25-18(32)12-35-7-6-24)15(3)20(13)23(34)27(5)9-17(31)11-29;2*1-2/h16-17,28-31H,6-12H2,1-5H3,(H,25,32);2*1-2H3. The van der Waals surface area contributed by atoms with E-state index in [1.54, 1.807) is 20.8 Å². The Balaban J connectivity index is 0. The molecule has 0 bridgehead atoms. The lowest BCUT2D eigenvalue weighted by Crippen LogP contribution is -2.38. The van der Waals surface area contributed by atoms with Crippen molar-refractivity contribution in [2.45, 2.75) is 60.7 Å². The van der Waals surface area contributed by atoms with Gasteiger partial charge in [0.2, 0.25) is 5.91 Å². The van der Waals surface area contributed by atoms with Crippen molar-refractivity contribution in [3.63, 3.8) is 0 Å². The van der Waals surface area contributed by atoms with Crippen LogP contribution in [0.15, 0.2) is 0 Å². The number of hydrogen-bond acceptors (Lipinski definition) is 8. The number of rotatable bonds is 13. The minimum absolute atomic E-state index is 0.151. The van der Waals surface area contributed by atoms with E-state index in [4.69, 9.17) is 26.6 Å². The quantitative estimate of drug-likeness (QED) is 0.175. The predicted octanol–water partition coefficient (Wildman–Crippen LogP) is 1.71. The van der Waals surface area contributed by atoms with E-state index >= 15 is 0 Å². The molecule has 0 fully saturated rings. The van der Waals surface area contributed by atoms with Gasteiger partial charge in [0.15, 0.2) is 0 Å². The lowest BCUT2D eigenvalue weighted by molar-refractivity contribution is -0.120. The van der Waals surface area contributed by atoms with Crippen LogP contribution in [0.25, 0.3) is 0 Å². The third kappa shape index (κ3) is 11.8. The van der Waals surface area contributed by atoms with E-state index in [9.17, 15) is 24.6 Å². The second kappa shape index (κ2) is 20.6. The maximum atomic E-state index is 13.3. The summed E-state index contributed by atoms with van der Waals surface area (Å²) in [5, 5.41) is 40.5. The van der Waals surface area contributed by atoms with E-state index in [-0.39, 0.29) is 49.0 Å². The Hall–Kier alpha value is -2.28. The summed E-state index contributed by atoms with van der Waals surface area (Å²) in [5.41, 5.74) is 1.74. The minimum Gasteiger partial charge on any atom is -0.394 e. The number of likely N-dealkylation sites (N-methyl/N-ethyl adjacent to an activating group) is 2. The Morgan fingerprint density at radius 1 is 0.821 bits per heavy atom. The number of alkyl halides is 1. The van der Waals surface area contributed by atoms with Crippen LogP contribution in [0.5, 0.6) is 0 Å². The molecule has 39 heavy (non-hydrogen) atoms. The molecule has 2 atom stereocenters. The van der Waals surface area contributed by atoms with Crippen LogP contribution in [0.1, 0.15) is 65.1 Å². The fourth-order valence-electron chi connectivity index (χ4n) is 3.74. The smallest absolute Gasteiger partial charge is 0.254 e. The number of benzene rings is 1. The first kappa shape index (κ1) is 38.9. The van der Waals surface area contributed by atoms with Gasteiger partial charge in [-0.1, -0.05) is 27.7 Å². The highest BCUT2D eigenvalue weighted by atomic mass is 35.5. The van der Waals surface area contributed by atoms with Crippen LogP contribution in [0.3, 0.4) is 0 Å². The van der Waals surface area contributed by atoms with Crippen LogP contribution in [0, 0.1) is 20.8 Å². The summed E-state index contributed by atoms with van der Waals surface area (Å²) < 4.78 is 5.17. The highest BCUT2D eigenvalue weighted by Crippen LogP contribution is 2.33. The summed E-state index contributed by atoms with van der Waals surface area (Å²) in [6.45, 7) is 11.4. The first-order valence-electron chi connectivity index (χ1n) is 13.1. The molecule has 0 heterocycles. The molecular weight excluding hydrogens is 530 g/mol. The van der Waals surface area contributed by atoms with Gasteiger partial charge in [0.25, 0.3) is 11.8 Å². The van der Waals surface area contributed by atoms with Gasteiger partial charge in [-0.3, -0.25) is 14.4 Å². The minimum atomic E-state index is -1.15. The number of aliphatic hydroxyl groups is 4. The fourth-order valence-corrected chi connectivity index (χ4v) is 3.85. The van der Waals surface area contributed by atoms with Crippen LogP contribution >= 0.6 is 11.6 Å². The molecule has 12 heteroatoms. The summed E-state index contributed by atoms with van der Waals surface area (Å²) in [6.07, 6.45) is -2.30. The lowest BCUT2D eigenvalue weighted by atomic mass is 9.89. The van der Waals surface area contributed by atoms with E-state index in [1.165, 1.54) is 23.9 Å². The average molecular weight is 578 g/mol. The third-order valence-electron chi connectivity index (χ3n) is 5.48. The van der Waals surface area contributed by atoms with Crippen LogP contribution in [0.4, 0.5) is 5.69 Å². The second-order valence-electron chi connectivity index (χ2n) is 8.33. The zero-order chi connectivity index (χ0) is 30.9. The van der Waals surface area contributed by atoms with Crippen LogP contribution in [-0.4, -0.2) is 120 Å². The normalized spacial score (nSPS) is 11.7. The molecule has 2 unspecified atom stereocenters. The molecule has 226 valence electrons. The second-order valence-corrected chi connectivity index (χ2v) is 8.71. The Labute approximate surface area is 237 Å². The van der Waals surface area contributed by atoms with E-state index in [0.29, 0.717) is 16.7 Å². The molecule has 3 amide bonds. The lowest BCUT2D eigenvalue weighted by Gasteiger charge is -2.27. The van der Waals surface area contributed by atoms with Gasteiger partial charge in [-0.25, -0.2) is 0 Å². The van der Waals surface area contributed by atoms with Gasteiger partial charge in [-0.15, -0.1) is 11.6 Å². The Bertz CT molecular complexity index is 857. The Kier molecular flexibility index (Phi) is 20.5. The SMILES string of the molecule is CC.CC.Cc1c(NC(=O)COCCCl)c(C)c(C(=O)N(C)CC(O)CO)c(C)c1C(=O)N(C)CC(O)CO. The maximum Gasteiger partial charge on any atom is 0.254 e. The van der Waals surface area contributed by atoms with Gasteiger partial charge < -0.3 is 40.3 Å². The van der Waals surface area contributed by atoms with Crippen molar-refractivity contribution in [1.82, 2.24) is 9.80 Å². The molecule has 0 aliphatic carbocycles. The first-order chi connectivity index (χ1) is 18.4. The van der Waals surface area contributed by atoms with Crippen LogP contribution in [0.2, 0.25) is 0 Å². The van der Waals surface area contributed by atoms with Crippen LogP contribution < -0.4 is 5.32 Å². The van der Waals surface area contributed by atoms with Gasteiger partial charge in [-0.2, -0.15) is 0 Å². The van der Waals surface area contributed by atoms with Gasteiger partial charge in [0.05, 0.1) is 32.0 Å². The third-order valence-corrected chi connectivity index (χ3v) is 5.64. The molecule has 0 aromatic heterocycles. The number of anilines is 1. The number of nitrogens with zero attached hydrogens (tertiary/aromatic N) is 2. The topological polar surface area (TPSA) is 160 Å². The number of aliphatic hydroxyl groups excluding tert-OH is 4. The van der Waals surface area contributed by atoms with Crippen molar-refractivity contribution in [1.29, 1.82) is 0 Å². The number of ether oxygens (including phenoxy) is 1. The zero-order valence-corrected chi connectivity index (χ0v) is 25.6. The van der Waals surface area contributed by atoms with E-state index in [2.05, 4.69) is 5.32 Å². The molecule has 1 rings (SSSR count). The van der Waals surface area contributed by atoms with Crippen molar-refractivity contribution in [3.05, 3.63) is 27.8 Å². The molecule has 1 aromatic rings. The number of nitrogens with one attached hydrogen (secondary N) is 1. The molecule has 5 N–H and O–H groups in total. The molecule has 11 nitrogen and oxygen atoms in total.